The van der Waals surface area contributed by atoms with Gasteiger partial charge in [-0.05, 0) is 60.6 Å². The summed E-state index contributed by atoms with van der Waals surface area (Å²) in [6, 6.07) is 3.56. The Morgan fingerprint density at radius 3 is 2.29 bits per heavy atom. The summed E-state index contributed by atoms with van der Waals surface area (Å²) >= 11 is 1.37. The van der Waals surface area contributed by atoms with Crippen molar-refractivity contribution in [1.82, 2.24) is 4.72 Å². The van der Waals surface area contributed by atoms with Crippen LogP contribution in [0.15, 0.2) is 12.1 Å². The maximum atomic E-state index is 12.1. The van der Waals surface area contributed by atoms with E-state index in [1.54, 1.807) is 6.07 Å². The number of rotatable bonds is 4. The van der Waals surface area contributed by atoms with Gasteiger partial charge in [-0.3, -0.25) is 0 Å². The van der Waals surface area contributed by atoms with Crippen molar-refractivity contribution < 1.29 is 13.7 Å². The van der Waals surface area contributed by atoms with Crippen molar-refractivity contribution in [1.29, 1.82) is 0 Å². The van der Waals surface area contributed by atoms with Gasteiger partial charge in [0.2, 0.25) is 0 Å². The summed E-state index contributed by atoms with van der Waals surface area (Å²) in [5, 5.41) is 0. The number of hydrogen-bond acceptors (Lipinski definition) is 4. The molecular formula is C15H25NO3S2. The van der Waals surface area contributed by atoms with Crippen molar-refractivity contribution in [3.05, 3.63) is 21.9 Å². The number of hydrogen-bond donors (Lipinski definition) is 1. The SMILES string of the molecule is C[C@H](NS(=O)C(C)(C)C)c1ccc(C(=O)OC(C)(C)C)s1. The molecule has 1 heterocycles. The summed E-state index contributed by atoms with van der Waals surface area (Å²) in [7, 11) is -1.14. The van der Waals surface area contributed by atoms with Crippen LogP contribution in [0.3, 0.4) is 0 Å². The van der Waals surface area contributed by atoms with E-state index in [0.29, 0.717) is 4.88 Å². The van der Waals surface area contributed by atoms with Gasteiger partial charge >= 0.3 is 5.97 Å². The van der Waals surface area contributed by atoms with E-state index in [-0.39, 0.29) is 16.8 Å². The Morgan fingerprint density at radius 1 is 1.24 bits per heavy atom. The zero-order chi connectivity index (χ0) is 16.4. The monoisotopic (exact) mass is 331 g/mol. The third kappa shape index (κ3) is 5.88. The van der Waals surface area contributed by atoms with Gasteiger partial charge in [0.1, 0.15) is 10.5 Å². The quantitative estimate of drug-likeness (QED) is 0.853. The largest absolute Gasteiger partial charge is 0.456 e. The Balaban J connectivity index is 2.75. The third-order valence-corrected chi connectivity index (χ3v) is 5.42. The van der Waals surface area contributed by atoms with Crippen molar-refractivity contribution in [2.75, 3.05) is 0 Å². The molecule has 6 heteroatoms. The Kier molecular flexibility index (Phi) is 5.75. The van der Waals surface area contributed by atoms with Crippen LogP contribution in [-0.4, -0.2) is 20.5 Å². The molecule has 1 rings (SSSR count). The zero-order valence-corrected chi connectivity index (χ0v) is 15.4. The molecule has 0 saturated carbocycles. The van der Waals surface area contributed by atoms with Crippen molar-refractivity contribution in [2.24, 2.45) is 0 Å². The molecule has 0 spiro atoms. The highest BCUT2D eigenvalue weighted by Gasteiger charge is 2.24. The van der Waals surface area contributed by atoms with Gasteiger partial charge in [-0.2, -0.15) is 0 Å². The molecule has 0 aliphatic rings. The highest BCUT2D eigenvalue weighted by molar-refractivity contribution is 7.84. The molecular weight excluding hydrogens is 306 g/mol. The fourth-order valence-corrected chi connectivity index (χ4v) is 3.18. The molecule has 21 heavy (non-hydrogen) atoms. The lowest BCUT2D eigenvalue weighted by Crippen LogP contribution is -2.34. The van der Waals surface area contributed by atoms with Gasteiger partial charge in [-0.25, -0.2) is 13.7 Å². The minimum atomic E-state index is -1.14. The molecule has 1 unspecified atom stereocenters. The Morgan fingerprint density at radius 2 is 1.81 bits per heavy atom. The fraction of sp³-hybridized carbons (Fsp3) is 0.667. The van der Waals surface area contributed by atoms with E-state index < -0.39 is 16.6 Å². The number of carbonyl (C=O) groups excluding carboxylic acids is 1. The van der Waals surface area contributed by atoms with Crippen LogP contribution in [0, 0.1) is 0 Å². The van der Waals surface area contributed by atoms with Crippen LogP contribution in [0.4, 0.5) is 0 Å². The third-order valence-electron chi connectivity index (χ3n) is 2.49. The van der Waals surface area contributed by atoms with Crippen LogP contribution in [0.1, 0.15) is 69.1 Å². The van der Waals surface area contributed by atoms with E-state index in [4.69, 9.17) is 4.74 Å². The standard InChI is InChI=1S/C15H25NO3S2/c1-10(16-21(18)15(5,6)7)11-8-9-12(20-11)13(17)19-14(2,3)4/h8-10,16H,1-7H3/t10-,21?/m0/s1. The number of carbonyl (C=O) groups is 1. The summed E-state index contributed by atoms with van der Waals surface area (Å²) in [5.41, 5.74) is -0.501. The summed E-state index contributed by atoms with van der Waals surface area (Å²) in [6.07, 6.45) is 0. The van der Waals surface area contributed by atoms with E-state index in [9.17, 15) is 9.00 Å². The van der Waals surface area contributed by atoms with Gasteiger partial charge in [0.15, 0.2) is 0 Å². The topological polar surface area (TPSA) is 55.4 Å². The molecule has 0 aromatic carbocycles. The first kappa shape index (κ1) is 18.3. The van der Waals surface area contributed by atoms with Crippen LogP contribution in [0.2, 0.25) is 0 Å². The number of nitrogens with one attached hydrogen (secondary N) is 1. The number of esters is 1. The molecule has 2 atom stereocenters. The first-order valence-corrected chi connectivity index (χ1v) is 8.88. The maximum Gasteiger partial charge on any atom is 0.348 e. The van der Waals surface area contributed by atoms with E-state index >= 15 is 0 Å². The second kappa shape index (κ2) is 6.58. The lowest BCUT2D eigenvalue weighted by Gasteiger charge is -2.21. The molecule has 0 saturated heterocycles. The smallest absolute Gasteiger partial charge is 0.348 e. The zero-order valence-electron chi connectivity index (χ0n) is 13.8. The molecule has 1 aromatic heterocycles. The highest BCUT2D eigenvalue weighted by Crippen LogP contribution is 2.26. The van der Waals surface area contributed by atoms with Crippen molar-refractivity contribution in [3.8, 4) is 0 Å². The van der Waals surface area contributed by atoms with E-state index in [0.717, 1.165) is 4.88 Å². The van der Waals surface area contributed by atoms with E-state index in [1.165, 1.54) is 11.3 Å². The predicted octanol–water partition coefficient (Wildman–Crippen LogP) is 3.82. The second-order valence-corrected chi connectivity index (χ2v) is 10.0. The lowest BCUT2D eigenvalue weighted by atomic mass is 10.2. The molecule has 0 bridgehead atoms. The van der Waals surface area contributed by atoms with Gasteiger partial charge < -0.3 is 4.74 Å². The van der Waals surface area contributed by atoms with Gasteiger partial charge in [0.05, 0.1) is 21.8 Å². The Bertz CT molecular complexity index is 524. The molecule has 120 valence electrons. The van der Waals surface area contributed by atoms with Gasteiger partial charge in [0, 0.05) is 4.88 Å². The average Bonchev–Trinajstić information content (AvgIpc) is 2.74. The molecule has 0 radical (unpaired) electrons. The van der Waals surface area contributed by atoms with Crippen molar-refractivity contribution in [3.63, 3.8) is 0 Å². The van der Waals surface area contributed by atoms with Crippen LogP contribution >= 0.6 is 11.3 Å². The molecule has 0 amide bonds. The molecule has 0 fully saturated rings. The fourth-order valence-electron chi connectivity index (χ4n) is 1.42. The van der Waals surface area contributed by atoms with Crippen LogP contribution < -0.4 is 4.72 Å². The van der Waals surface area contributed by atoms with Crippen LogP contribution in [-0.2, 0) is 15.7 Å². The summed E-state index contributed by atoms with van der Waals surface area (Å²) < 4.78 is 20.2. The maximum absolute atomic E-state index is 12.1. The second-order valence-electron chi connectivity index (χ2n) is 6.92. The van der Waals surface area contributed by atoms with Crippen molar-refractivity contribution >= 4 is 28.3 Å². The summed E-state index contributed by atoms with van der Waals surface area (Å²) in [5.74, 6) is -0.317. The molecule has 1 N–H and O–H groups in total. The van der Waals surface area contributed by atoms with E-state index in [2.05, 4.69) is 4.72 Å². The summed E-state index contributed by atoms with van der Waals surface area (Å²) in [6.45, 7) is 13.2. The minimum Gasteiger partial charge on any atom is -0.456 e. The van der Waals surface area contributed by atoms with Crippen LogP contribution in [0.25, 0.3) is 0 Å². The minimum absolute atomic E-state index is 0.0776. The lowest BCUT2D eigenvalue weighted by molar-refractivity contribution is 0.00752. The molecule has 0 aliphatic carbocycles. The molecule has 4 nitrogen and oxygen atoms in total. The molecule has 0 aliphatic heterocycles. The first-order valence-electron chi connectivity index (χ1n) is 6.91. The predicted molar refractivity (Wildman–Crippen MR) is 88.9 cm³/mol. The Labute approximate surface area is 133 Å². The summed E-state index contributed by atoms with van der Waals surface area (Å²) in [4.78, 5) is 13.5. The normalized spacial score (nSPS) is 15.6. The van der Waals surface area contributed by atoms with Gasteiger partial charge in [-0.1, -0.05) is 0 Å². The van der Waals surface area contributed by atoms with Gasteiger partial charge in [0.25, 0.3) is 0 Å². The van der Waals surface area contributed by atoms with Crippen LogP contribution in [0.5, 0.6) is 0 Å². The van der Waals surface area contributed by atoms with E-state index in [1.807, 2.05) is 54.5 Å². The number of ether oxygens (including phenoxy) is 1. The molecule has 1 aromatic rings. The van der Waals surface area contributed by atoms with Crippen molar-refractivity contribution in [2.45, 2.75) is 64.9 Å². The number of thiophene rings is 1. The first-order chi connectivity index (χ1) is 9.40. The average molecular weight is 332 g/mol. The highest BCUT2D eigenvalue weighted by atomic mass is 32.2. The van der Waals surface area contributed by atoms with Gasteiger partial charge in [-0.15, -0.1) is 11.3 Å². The Hall–Kier alpha value is -0.720.